The minimum atomic E-state index is -0.567. The lowest BCUT2D eigenvalue weighted by atomic mass is 10.2. The average Bonchev–Trinajstić information content (AvgIpc) is 1.97. The molecule has 0 unspecified atom stereocenters. The predicted octanol–water partition coefficient (Wildman–Crippen LogP) is 2.59. The van der Waals surface area contributed by atoms with Crippen LogP contribution in [0, 0.1) is 12.7 Å². The van der Waals surface area contributed by atoms with Crippen molar-refractivity contribution in [2.75, 3.05) is 5.48 Å². The van der Waals surface area contributed by atoms with Crippen LogP contribution in [-0.2, 0) is 0 Å². The Kier molecular flexibility index (Phi) is 2.31. The molecule has 0 radical (unpaired) electrons. The SMILES string of the molecule is Cc1cc(NO)c(F)cc1Cl. The van der Waals surface area contributed by atoms with E-state index in [-0.39, 0.29) is 5.69 Å². The molecule has 0 spiro atoms. The van der Waals surface area contributed by atoms with Crippen molar-refractivity contribution in [3.05, 3.63) is 28.5 Å². The van der Waals surface area contributed by atoms with Gasteiger partial charge in [-0.1, -0.05) is 11.6 Å². The first-order valence-corrected chi connectivity index (χ1v) is 3.38. The minimum Gasteiger partial charge on any atom is -0.291 e. The van der Waals surface area contributed by atoms with Crippen LogP contribution < -0.4 is 5.48 Å². The van der Waals surface area contributed by atoms with Gasteiger partial charge in [-0.15, -0.1) is 0 Å². The van der Waals surface area contributed by atoms with Crippen molar-refractivity contribution in [1.82, 2.24) is 0 Å². The van der Waals surface area contributed by atoms with Gasteiger partial charge in [0.25, 0.3) is 0 Å². The first kappa shape index (κ1) is 8.30. The van der Waals surface area contributed by atoms with Gasteiger partial charge in [-0.2, -0.15) is 0 Å². The van der Waals surface area contributed by atoms with E-state index in [1.165, 1.54) is 6.07 Å². The molecule has 60 valence electrons. The summed E-state index contributed by atoms with van der Waals surface area (Å²) in [4.78, 5) is 0. The van der Waals surface area contributed by atoms with Gasteiger partial charge in [0.1, 0.15) is 5.82 Å². The Morgan fingerprint density at radius 3 is 2.73 bits per heavy atom. The van der Waals surface area contributed by atoms with Crippen LogP contribution in [0.3, 0.4) is 0 Å². The van der Waals surface area contributed by atoms with Crippen LogP contribution in [0.1, 0.15) is 5.56 Å². The van der Waals surface area contributed by atoms with E-state index in [1.54, 1.807) is 12.4 Å². The number of anilines is 1. The lowest BCUT2D eigenvalue weighted by Crippen LogP contribution is -1.94. The highest BCUT2D eigenvalue weighted by molar-refractivity contribution is 6.31. The molecular formula is C7H7ClFNO. The summed E-state index contributed by atoms with van der Waals surface area (Å²) >= 11 is 5.59. The van der Waals surface area contributed by atoms with E-state index < -0.39 is 5.82 Å². The fraction of sp³-hybridized carbons (Fsp3) is 0.143. The molecule has 0 aliphatic rings. The fourth-order valence-corrected chi connectivity index (χ4v) is 0.893. The molecular weight excluding hydrogens is 169 g/mol. The highest BCUT2D eigenvalue weighted by Gasteiger charge is 2.03. The highest BCUT2D eigenvalue weighted by atomic mass is 35.5. The van der Waals surface area contributed by atoms with Gasteiger partial charge in [-0.05, 0) is 24.6 Å². The second-order valence-corrected chi connectivity index (χ2v) is 2.60. The Bertz CT molecular complexity index is 277. The Balaban J connectivity index is 3.21. The first-order chi connectivity index (χ1) is 5.15. The van der Waals surface area contributed by atoms with E-state index >= 15 is 0 Å². The third-order valence-electron chi connectivity index (χ3n) is 1.37. The minimum absolute atomic E-state index is 0.0342. The summed E-state index contributed by atoms with van der Waals surface area (Å²) in [5, 5.41) is 8.75. The largest absolute Gasteiger partial charge is 0.291 e. The predicted molar refractivity (Wildman–Crippen MR) is 41.6 cm³/mol. The van der Waals surface area contributed by atoms with Crippen molar-refractivity contribution >= 4 is 17.3 Å². The van der Waals surface area contributed by atoms with Crippen LogP contribution in [0.25, 0.3) is 0 Å². The Hall–Kier alpha value is -0.800. The van der Waals surface area contributed by atoms with Crippen LogP contribution in [-0.4, -0.2) is 5.21 Å². The number of hydrogen-bond acceptors (Lipinski definition) is 2. The number of hydrogen-bond donors (Lipinski definition) is 2. The fourth-order valence-electron chi connectivity index (χ4n) is 0.743. The van der Waals surface area contributed by atoms with Crippen molar-refractivity contribution in [3.63, 3.8) is 0 Å². The van der Waals surface area contributed by atoms with Crippen LogP contribution in [0.15, 0.2) is 12.1 Å². The molecule has 0 aromatic heterocycles. The smallest absolute Gasteiger partial charge is 0.150 e. The molecule has 1 rings (SSSR count). The topological polar surface area (TPSA) is 32.3 Å². The maximum Gasteiger partial charge on any atom is 0.150 e. The lowest BCUT2D eigenvalue weighted by Gasteiger charge is -2.03. The molecule has 4 heteroatoms. The zero-order chi connectivity index (χ0) is 8.43. The zero-order valence-electron chi connectivity index (χ0n) is 5.86. The van der Waals surface area contributed by atoms with Crippen molar-refractivity contribution in [2.45, 2.75) is 6.92 Å². The number of benzene rings is 1. The average molecular weight is 176 g/mol. The maximum absolute atomic E-state index is 12.7. The molecule has 0 fully saturated rings. The first-order valence-electron chi connectivity index (χ1n) is 3.01. The molecule has 1 aromatic carbocycles. The third-order valence-corrected chi connectivity index (χ3v) is 1.78. The molecule has 0 amide bonds. The molecule has 0 bridgehead atoms. The third kappa shape index (κ3) is 1.61. The van der Waals surface area contributed by atoms with Gasteiger partial charge >= 0.3 is 0 Å². The summed E-state index contributed by atoms with van der Waals surface area (Å²) in [6, 6.07) is 2.58. The van der Waals surface area contributed by atoms with Crippen molar-refractivity contribution < 1.29 is 9.60 Å². The quantitative estimate of drug-likeness (QED) is 0.643. The van der Waals surface area contributed by atoms with Crippen molar-refractivity contribution in [3.8, 4) is 0 Å². The second kappa shape index (κ2) is 3.07. The summed E-state index contributed by atoms with van der Waals surface area (Å²) in [7, 11) is 0. The summed E-state index contributed by atoms with van der Waals surface area (Å²) in [5.41, 5.74) is 2.48. The van der Waals surface area contributed by atoms with Crippen molar-refractivity contribution in [2.24, 2.45) is 0 Å². The summed E-state index contributed by atoms with van der Waals surface area (Å²) in [5.74, 6) is -0.567. The Morgan fingerprint density at radius 1 is 1.55 bits per heavy atom. The van der Waals surface area contributed by atoms with Gasteiger partial charge in [0.15, 0.2) is 0 Å². The standard InChI is InChI=1S/C7H7ClFNO/c1-4-2-7(10-11)6(9)3-5(4)8/h2-3,10-11H,1H3. The van der Waals surface area contributed by atoms with Gasteiger partial charge in [-0.25, -0.2) is 4.39 Å². The molecule has 0 aliphatic heterocycles. The van der Waals surface area contributed by atoms with Crippen LogP contribution in [0.5, 0.6) is 0 Å². The second-order valence-electron chi connectivity index (χ2n) is 2.19. The van der Waals surface area contributed by atoms with Crippen molar-refractivity contribution in [1.29, 1.82) is 0 Å². The van der Waals surface area contributed by atoms with E-state index in [0.29, 0.717) is 10.6 Å². The van der Waals surface area contributed by atoms with Crippen LogP contribution in [0.4, 0.5) is 10.1 Å². The molecule has 0 atom stereocenters. The molecule has 2 N–H and O–H groups in total. The highest BCUT2D eigenvalue weighted by Crippen LogP contribution is 2.22. The maximum atomic E-state index is 12.7. The number of halogens is 2. The molecule has 0 heterocycles. The summed E-state index contributed by atoms with van der Waals surface area (Å²) < 4.78 is 12.7. The zero-order valence-corrected chi connectivity index (χ0v) is 6.61. The van der Waals surface area contributed by atoms with E-state index in [4.69, 9.17) is 16.8 Å². The van der Waals surface area contributed by atoms with Crippen LogP contribution >= 0.6 is 11.6 Å². The van der Waals surface area contributed by atoms with Gasteiger partial charge in [0, 0.05) is 5.02 Å². The van der Waals surface area contributed by atoms with E-state index in [1.807, 2.05) is 0 Å². The molecule has 0 saturated carbocycles. The molecule has 2 nitrogen and oxygen atoms in total. The number of nitrogens with one attached hydrogen (secondary N) is 1. The molecule has 0 aliphatic carbocycles. The normalized spacial score (nSPS) is 9.82. The van der Waals surface area contributed by atoms with Gasteiger partial charge < -0.3 is 0 Å². The van der Waals surface area contributed by atoms with Gasteiger partial charge in [0.05, 0.1) is 5.69 Å². The molecule has 0 saturated heterocycles. The lowest BCUT2D eigenvalue weighted by molar-refractivity contribution is 0.384. The Labute approximate surface area is 68.6 Å². The monoisotopic (exact) mass is 175 g/mol. The summed E-state index contributed by atoms with van der Waals surface area (Å²) in [6.45, 7) is 1.72. The van der Waals surface area contributed by atoms with Gasteiger partial charge in [-0.3, -0.25) is 10.7 Å². The van der Waals surface area contributed by atoms with E-state index in [2.05, 4.69) is 0 Å². The van der Waals surface area contributed by atoms with Crippen LogP contribution in [0.2, 0.25) is 5.02 Å². The molecule has 1 aromatic rings. The number of aryl methyl sites for hydroxylation is 1. The molecule has 11 heavy (non-hydrogen) atoms. The number of rotatable bonds is 1. The Morgan fingerprint density at radius 2 is 2.18 bits per heavy atom. The summed E-state index contributed by atoms with van der Waals surface area (Å²) in [6.07, 6.45) is 0. The van der Waals surface area contributed by atoms with E-state index in [9.17, 15) is 4.39 Å². The van der Waals surface area contributed by atoms with E-state index in [0.717, 1.165) is 6.07 Å². The van der Waals surface area contributed by atoms with Gasteiger partial charge in [0.2, 0.25) is 0 Å².